The van der Waals surface area contributed by atoms with Gasteiger partial charge in [-0.05, 0) is 26.3 Å². The SMILES string of the molecule is C=C[C@@H](Cn1cc(-c2ccccc2)c2c(N)ncnc21)NC(=O)OC(C)(C)C. The van der Waals surface area contributed by atoms with E-state index in [0.717, 1.165) is 16.5 Å². The molecule has 0 unspecified atom stereocenters. The fraction of sp³-hybridized carbons (Fsp3) is 0.286. The van der Waals surface area contributed by atoms with E-state index in [4.69, 9.17) is 10.5 Å². The maximum Gasteiger partial charge on any atom is 0.408 e. The summed E-state index contributed by atoms with van der Waals surface area (Å²) in [5, 5.41) is 3.61. The summed E-state index contributed by atoms with van der Waals surface area (Å²) >= 11 is 0. The number of aromatic nitrogens is 3. The van der Waals surface area contributed by atoms with Crippen molar-refractivity contribution in [1.82, 2.24) is 19.9 Å². The third kappa shape index (κ3) is 4.31. The van der Waals surface area contributed by atoms with Gasteiger partial charge in [0, 0.05) is 18.3 Å². The van der Waals surface area contributed by atoms with Crippen LogP contribution in [-0.4, -0.2) is 32.3 Å². The lowest BCUT2D eigenvalue weighted by Gasteiger charge is -2.22. The summed E-state index contributed by atoms with van der Waals surface area (Å²) in [6, 6.07) is 9.57. The Bertz CT molecular complexity index is 989. The molecule has 0 aliphatic rings. The van der Waals surface area contributed by atoms with Crippen LogP contribution in [0.2, 0.25) is 0 Å². The summed E-state index contributed by atoms with van der Waals surface area (Å²) in [5.74, 6) is 0.415. The van der Waals surface area contributed by atoms with E-state index in [9.17, 15) is 4.79 Å². The molecule has 0 bridgehead atoms. The second-order valence-corrected chi connectivity index (χ2v) is 7.51. The highest BCUT2D eigenvalue weighted by Gasteiger charge is 2.20. The van der Waals surface area contributed by atoms with Crippen molar-refractivity contribution in [2.45, 2.75) is 39.0 Å². The monoisotopic (exact) mass is 379 g/mol. The van der Waals surface area contributed by atoms with Crippen LogP contribution in [0, 0.1) is 0 Å². The van der Waals surface area contributed by atoms with E-state index in [-0.39, 0.29) is 6.04 Å². The number of alkyl carbamates (subject to hydrolysis) is 1. The molecule has 0 aliphatic carbocycles. The van der Waals surface area contributed by atoms with Crippen LogP contribution in [0.15, 0.2) is 55.5 Å². The number of benzene rings is 1. The highest BCUT2D eigenvalue weighted by molar-refractivity contribution is 6.00. The fourth-order valence-electron chi connectivity index (χ4n) is 2.97. The molecule has 28 heavy (non-hydrogen) atoms. The molecule has 146 valence electrons. The third-order valence-electron chi connectivity index (χ3n) is 4.15. The lowest BCUT2D eigenvalue weighted by molar-refractivity contribution is 0.0511. The maximum absolute atomic E-state index is 12.1. The van der Waals surface area contributed by atoms with Crippen molar-refractivity contribution >= 4 is 22.9 Å². The zero-order valence-electron chi connectivity index (χ0n) is 16.3. The van der Waals surface area contributed by atoms with Crippen LogP contribution in [-0.2, 0) is 11.3 Å². The summed E-state index contributed by atoms with van der Waals surface area (Å²) in [5.41, 5.74) is 8.23. The lowest BCUT2D eigenvalue weighted by atomic mass is 10.1. The van der Waals surface area contributed by atoms with Crippen molar-refractivity contribution in [3.63, 3.8) is 0 Å². The minimum absolute atomic E-state index is 0.342. The van der Waals surface area contributed by atoms with Crippen LogP contribution in [0.1, 0.15) is 20.8 Å². The van der Waals surface area contributed by atoms with E-state index >= 15 is 0 Å². The number of carbonyl (C=O) groups excluding carboxylic acids is 1. The van der Waals surface area contributed by atoms with Crippen molar-refractivity contribution in [2.75, 3.05) is 5.73 Å². The maximum atomic E-state index is 12.1. The number of fused-ring (bicyclic) bond motifs is 1. The predicted molar refractivity (Wildman–Crippen MR) is 111 cm³/mol. The molecule has 3 N–H and O–H groups in total. The van der Waals surface area contributed by atoms with Crippen molar-refractivity contribution in [1.29, 1.82) is 0 Å². The fourth-order valence-corrected chi connectivity index (χ4v) is 2.97. The summed E-state index contributed by atoms with van der Waals surface area (Å²) in [7, 11) is 0. The molecular formula is C21H25N5O2. The number of nitrogen functional groups attached to an aromatic ring is 1. The Balaban J connectivity index is 1.94. The first-order chi connectivity index (χ1) is 13.3. The number of anilines is 1. The first-order valence-electron chi connectivity index (χ1n) is 9.05. The highest BCUT2D eigenvalue weighted by atomic mass is 16.6. The second-order valence-electron chi connectivity index (χ2n) is 7.51. The number of hydrogen-bond acceptors (Lipinski definition) is 5. The van der Waals surface area contributed by atoms with E-state index in [0.29, 0.717) is 18.0 Å². The number of rotatable bonds is 5. The van der Waals surface area contributed by atoms with Crippen LogP contribution in [0.3, 0.4) is 0 Å². The average molecular weight is 379 g/mol. The van der Waals surface area contributed by atoms with Gasteiger partial charge in [0.25, 0.3) is 0 Å². The van der Waals surface area contributed by atoms with Gasteiger partial charge in [-0.25, -0.2) is 14.8 Å². The van der Waals surface area contributed by atoms with Gasteiger partial charge in [0.2, 0.25) is 0 Å². The number of ether oxygens (including phenoxy) is 1. The number of nitrogens with two attached hydrogens (primary N) is 1. The Labute approximate surface area is 164 Å². The minimum Gasteiger partial charge on any atom is -0.444 e. The number of hydrogen-bond donors (Lipinski definition) is 2. The van der Waals surface area contributed by atoms with Crippen LogP contribution in [0.4, 0.5) is 10.6 Å². The van der Waals surface area contributed by atoms with Crippen LogP contribution in [0.5, 0.6) is 0 Å². The standard InChI is InChI=1S/C21H25N5O2/c1-5-15(25-20(27)28-21(2,3)4)11-26-12-16(14-9-7-6-8-10-14)17-18(22)23-13-24-19(17)26/h5-10,12-13,15H,1,11H2,2-4H3,(H,25,27)(H2,22,23,24)/t15-/m0/s1. The molecule has 0 saturated heterocycles. The van der Waals surface area contributed by atoms with E-state index in [1.807, 2.05) is 61.9 Å². The Hall–Kier alpha value is -3.35. The van der Waals surface area contributed by atoms with Crippen LogP contribution in [0.25, 0.3) is 22.2 Å². The number of nitrogens with one attached hydrogen (secondary N) is 1. The Morgan fingerprint density at radius 2 is 2.04 bits per heavy atom. The third-order valence-corrected chi connectivity index (χ3v) is 4.15. The van der Waals surface area contributed by atoms with E-state index in [2.05, 4.69) is 21.9 Å². The molecule has 7 heteroatoms. The minimum atomic E-state index is -0.571. The molecule has 2 heterocycles. The van der Waals surface area contributed by atoms with Gasteiger partial charge >= 0.3 is 6.09 Å². The Kier molecular flexibility index (Phi) is 5.35. The molecule has 1 atom stereocenters. The lowest BCUT2D eigenvalue weighted by Crippen LogP contribution is -2.40. The van der Waals surface area contributed by atoms with Crippen molar-refractivity contribution < 1.29 is 9.53 Å². The van der Waals surface area contributed by atoms with E-state index in [1.165, 1.54) is 6.33 Å². The molecule has 0 spiro atoms. The average Bonchev–Trinajstić information content (AvgIpc) is 3.00. The molecule has 3 aromatic rings. The summed E-state index contributed by atoms with van der Waals surface area (Å²) in [6.07, 6.45) is 4.58. The van der Waals surface area contributed by atoms with Crippen molar-refractivity contribution in [3.8, 4) is 11.1 Å². The van der Waals surface area contributed by atoms with Gasteiger partial charge in [-0.3, -0.25) is 0 Å². The molecule has 0 aliphatic heterocycles. The zero-order valence-corrected chi connectivity index (χ0v) is 16.3. The molecule has 1 amide bonds. The van der Waals surface area contributed by atoms with Gasteiger partial charge < -0.3 is 20.4 Å². The predicted octanol–water partition coefficient (Wildman–Crippen LogP) is 3.76. The van der Waals surface area contributed by atoms with Crippen molar-refractivity contribution in [2.24, 2.45) is 0 Å². The van der Waals surface area contributed by atoms with Gasteiger partial charge in [-0.2, -0.15) is 0 Å². The molecule has 2 aromatic heterocycles. The molecule has 0 fully saturated rings. The first kappa shape index (κ1) is 19.4. The topological polar surface area (TPSA) is 95.1 Å². The molecule has 7 nitrogen and oxygen atoms in total. The largest absolute Gasteiger partial charge is 0.444 e. The van der Waals surface area contributed by atoms with Gasteiger partial charge in [0.1, 0.15) is 23.4 Å². The van der Waals surface area contributed by atoms with Crippen LogP contribution < -0.4 is 11.1 Å². The Morgan fingerprint density at radius 3 is 2.68 bits per heavy atom. The zero-order chi connectivity index (χ0) is 20.3. The normalized spacial score (nSPS) is 12.5. The van der Waals surface area contributed by atoms with Gasteiger partial charge in [-0.1, -0.05) is 36.4 Å². The number of nitrogens with zero attached hydrogens (tertiary/aromatic N) is 3. The number of carbonyl (C=O) groups is 1. The van der Waals surface area contributed by atoms with E-state index in [1.54, 1.807) is 6.08 Å². The highest BCUT2D eigenvalue weighted by Crippen LogP contribution is 2.32. The van der Waals surface area contributed by atoms with E-state index < -0.39 is 11.7 Å². The second kappa shape index (κ2) is 7.72. The van der Waals surface area contributed by atoms with Gasteiger partial charge in [0.05, 0.1) is 11.4 Å². The molecule has 3 rings (SSSR count). The molecule has 0 radical (unpaired) electrons. The molecule has 0 saturated carbocycles. The smallest absolute Gasteiger partial charge is 0.408 e. The van der Waals surface area contributed by atoms with Gasteiger partial charge in [-0.15, -0.1) is 6.58 Å². The van der Waals surface area contributed by atoms with Gasteiger partial charge in [0.15, 0.2) is 0 Å². The number of amides is 1. The van der Waals surface area contributed by atoms with Crippen molar-refractivity contribution in [3.05, 3.63) is 55.5 Å². The first-order valence-corrected chi connectivity index (χ1v) is 9.05. The van der Waals surface area contributed by atoms with Crippen LogP contribution >= 0.6 is 0 Å². The molecular weight excluding hydrogens is 354 g/mol. The summed E-state index contributed by atoms with van der Waals surface area (Å²) < 4.78 is 7.28. The summed E-state index contributed by atoms with van der Waals surface area (Å²) in [6.45, 7) is 9.72. The quantitative estimate of drug-likeness (QED) is 0.658. The molecule has 1 aromatic carbocycles. The Morgan fingerprint density at radius 1 is 1.32 bits per heavy atom. The summed E-state index contributed by atoms with van der Waals surface area (Å²) in [4.78, 5) is 20.7.